The Balaban J connectivity index is 0.000000304. The lowest BCUT2D eigenvalue weighted by molar-refractivity contribution is -0.146. The number of carboxylic acid groups (broad SMARTS) is 1. The number of halogens is 3. The molecule has 46 heavy (non-hydrogen) atoms. The summed E-state index contributed by atoms with van der Waals surface area (Å²) in [4.78, 5) is 25.6. The monoisotopic (exact) mass is 649 g/mol. The van der Waals surface area contributed by atoms with Gasteiger partial charge in [-0.05, 0) is 67.3 Å². The highest BCUT2D eigenvalue weighted by atomic mass is 19.4. The van der Waals surface area contributed by atoms with Crippen molar-refractivity contribution in [3.05, 3.63) is 83.7 Å². The lowest BCUT2D eigenvalue weighted by Gasteiger charge is -2.18. The van der Waals surface area contributed by atoms with Gasteiger partial charge in [-0.3, -0.25) is 9.59 Å². The Labute approximate surface area is 265 Å². The number of phenols is 1. The van der Waals surface area contributed by atoms with Crippen LogP contribution in [0.5, 0.6) is 17.2 Å². The number of carbonyl (C=O) groups excluding carboxylic acids is 1. The van der Waals surface area contributed by atoms with Crippen LogP contribution in [0, 0.1) is 5.41 Å². The Kier molecular flexibility index (Phi) is 13.2. The van der Waals surface area contributed by atoms with Gasteiger partial charge in [-0.1, -0.05) is 24.3 Å². The van der Waals surface area contributed by atoms with E-state index in [0.29, 0.717) is 25.6 Å². The van der Waals surface area contributed by atoms with Crippen molar-refractivity contribution in [2.75, 3.05) is 34.0 Å². The molecule has 0 spiro atoms. The van der Waals surface area contributed by atoms with Crippen LogP contribution in [-0.2, 0) is 30.0 Å². The van der Waals surface area contributed by atoms with Crippen LogP contribution in [0.1, 0.15) is 61.6 Å². The third-order valence-electron chi connectivity index (χ3n) is 7.18. The molecule has 0 bridgehead atoms. The molecule has 10 nitrogen and oxygen atoms in total. The number of pyridine rings is 1. The third-order valence-corrected chi connectivity index (χ3v) is 7.18. The zero-order valence-electron chi connectivity index (χ0n) is 25.8. The zero-order chi connectivity index (χ0) is 33.7. The van der Waals surface area contributed by atoms with Crippen molar-refractivity contribution in [1.82, 2.24) is 4.98 Å². The van der Waals surface area contributed by atoms with Crippen molar-refractivity contribution in [3.63, 3.8) is 0 Å². The summed E-state index contributed by atoms with van der Waals surface area (Å²) in [6, 6.07) is 15.7. The van der Waals surface area contributed by atoms with E-state index in [1.165, 1.54) is 20.3 Å². The summed E-state index contributed by atoms with van der Waals surface area (Å²) < 4.78 is 64.4. The van der Waals surface area contributed by atoms with E-state index in [4.69, 9.17) is 33.9 Å². The zero-order valence-corrected chi connectivity index (χ0v) is 25.8. The molecule has 2 aromatic carbocycles. The molecule has 0 aliphatic heterocycles. The molecule has 0 amide bonds. The summed E-state index contributed by atoms with van der Waals surface area (Å²) in [5.41, 5.74) is 0.446. The van der Waals surface area contributed by atoms with Gasteiger partial charge in [0.15, 0.2) is 0 Å². The summed E-state index contributed by atoms with van der Waals surface area (Å²) in [6.45, 7) is 2.86. The molecule has 250 valence electrons. The molecule has 1 saturated carbocycles. The normalized spacial score (nSPS) is 14.7. The van der Waals surface area contributed by atoms with Gasteiger partial charge in [-0.2, -0.15) is 13.2 Å². The van der Waals surface area contributed by atoms with E-state index in [1.54, 1.807) is 55.5 Å². The average Bonchev–Trinajstić information content (AvgIpc) is 3.81. The Morgan fingerprint density at radius 1 is 0.848 bits per heavy atom. The van der Waals surface area contributed by atoms with Crippen LogP contribution < -0.4 is 9.47 Å². The highest BCUT2D eigenvalue weighted by Gasteiger charge is 2.44. The van der Waals surface area contributed by atoms with Crippen molar-refractivity contribution < 1.29 is 56.7 Å². The van der Waals surface area contributed by atoms with Gasteiger partial charge in [0.25, 0.3) is 0 Å². The molecule has 1 aliphatic carbocycles. The number of nitrogens with zero attached hydrogens (tertiary/aromatic N) is 1. The van der Waals surface area contributed by atoms with Crippen LogP contribution in [0.4, 0.5) is 13.2 Å². The summed E-state index contributed by atoms with van der Waals surface area (Å²) in [5.74, 6) is -0.132. The van der Waals surface area contributed by atoms with E-state index in [2.05, 4.69) is 4.98 Å². The quantitative estimate of drug-likeness (QED) is 0.175. The van der Waals surface area contributed by atoms with Gasteiger partial charge in [-0.15, -0.1) is 0 Å². The fourth-order valence-electron chi connectivity index (χ4n) is 4.29. The fourth-order valence-corrected chi connectivity index (χ4v) is 4.29. The van der Waals surface area contributed by atoms with Gasteiger partial charge in [-0.25, -0.2) is 4.98 Å². The maximum absolute atomic E-state index is 12.6. The predicted octanol–water partition coefficient (Wildman–Crippen LogP) is 6.53. The number of carbonyl (C=O) groups is 2. The standard InChI is InChI=1S/C21H22F3NO5.C12H16O4/c1-28-17(10-19(26)27)14-2-4-15(5-3-14)29-12-20(8-9-20)13-30-16-6-7-18(25-11-16)21(22,23)24;1-3-16-12(14)8-11(15-2)9-4-6-10(13)7-5-9/h2-7,11,17H,8-10,12-13H2,1H3,(H,26,27);4-7,11,13H,3,8H2,1-2H3. The molecular weight excluding hydrogens is 611 g/mol. The van der Waals surface area contributed by atoms with Crippen molar-refractivity contribution in [2.45, 2.75) is 51.0 Å². The Morgan fingerprint density at radius 2 is 1.37 bits per heavy atom. The number of methoxy groups -OCH3 is 2. The number of hydrogen-bond donors (Lipinski definition) is 2. The van der Waals surface area contributed by atoms with Crippen LogP contribution in [0.15, 0.2) is 66.9 Å². The van der Waals surface area contributed by atoms with Crippen LogP contribution in [0.3, 0.4) is 0 Å². The largest absolute Gasteiger partial charge is 0.508 e. The molecule has 2 atom stereocenters. The maximum atomic E-state index is 12.6. The van der Waals surface area contributed by atoms with Crippen LogP contribution >= 0.6 is 0 Å². The van der Waals surface area contributed by atoms with E-state index in [0.717, 1.165) is 36.2 Å². The minimum absolute atomic E-state index is 0.129. The molecule has 1 aromatic heterocycles. The lowest BCUT2D eigenvalue weighted by Crippen LogP contribution is -2.21. The van der Waals surface area contributed by atoms with Gasteiger partial charge in [0.1, 0.15) is 22.9 Å². The molecule has 2 N–H and O–H groups in total. The Bertz CT molecular complexity index is 1380. The molecule has 0 saturated heterocycles. The van der Waals surface area contributed by atoms with Crippen molar-refractivity contribution >= 4 is 11.9 Å². The molecule has 4 rings (SSSR count). The number of carboxylic acids is 1. The number of benzene rings is 2. The SMILES string of the molecule is CCOC(=O)CC(OC)c1ccc(O)cc1.COC(CC(=O)O)c1ccc(OCC2(COc3ccc(C(F)(F)F)nc3)CC2)cc1. The summed E-state index contributed by atoms with van der Waals surface area (Å²) in [5, 5.41) is 18.1. The second-order valence-electron chi connectivity index (χ2n) is 10.7. The number of phenolic OH excluding ortho intramolecular Hbond substituents is 1. The molecule has 2 unspecified atom stereocenters. The minimum atomic E-state index is -4.48. The van der Waals surface area contributed by atoms with Gasteiger partial charge in [0.05, 0.1) is 51.1 Å². The first-order valence-electron chi connectivity index (χ1n) is 14.5. The van der Waals surface area contributed by atoms with Crippen molar-refractivity contribution in [1.29, 1.82) is 0 Å². The lowest BCUT2D eigenvalue weighted by atomic mass is 10.1. The molecule has 1 aliphatic rings. The fraction of sp³-hybridized carbons (Fsp3) is 0.424. The summed E-state index contributed by atoms with van der Waals surface area (Å²) >= 11 is 0. The van der Waals surface area contributed by atoms with E-state index in [9.17, 15) is 22.8 Å². The first-order valence-corrected chi connectivity index (χ1v) is 14.5. The van der Waals surface area contributed by atoms with Gasteiger partial charge >= 0.3 is 18.1 Å². The highest BCUT2D eigenvalue weighted by Crippen LogP contribution is 2.46. The number of ether oxygens (including phenoxy) is 5. The highest BCUT2D eigenvalue weighted by molar-refractivity contribution is 5.70. The molecule has 1 fully saturated rings. The number of alkyl halides is 3. The number of aromatic nitrogens is 1. The third kappa shape index (κ3) is 11.5. The molecule has 0 radical (unpaired) electrons. The number of aliphatic carboxylic acids is 1. The number of aromatic hydroxyl groups is 1. The molecule has 13 heteroatoms. The molecule has 3 aromatic rings. The first kappa shape index (κ1) is 36.1. The van der Waals surface area contributed by atoms with Gasteiger partial charge < -0.3 is 33.9 Å². The molecular formula is C33H38F3NO9. The van der Waals surface area contributed by atoms with Crippen LogP contribution in [0.25, 0.3) is 0 Å². The smallest absolute Gasteiger partial charge is 0.433 e. The van der Waals surface area contributed by atoms with Crippen molar-refractivity contribution in [2.24, 2.45) is 5.41 Å². The topological polar surface area (TPSA) is 134 Å². The van der Waals surface area contributed by atoms with Gasteiger partial charge in [0, 0.05) is 19.6 Å². The van der Waals surface area contributed by atoms with Crippen LogP contribution in [0.2, 0.25) is 0 Å². The average molecular weight is 650 g/mol. The van der Waals surface area contributed by atoms with Crippen LogP contribution in [-0.4, -0.2) is 61.2 Å². The number of rotatable bonds is 15. The van der Waals surface area contributed by atoms with Gasteiger partial charge in [0.2, 0.25) is 0 Å². The second-order valence-corrected chi connectivity index (χ2v) is 10.7. The van der Waals surface area contributed by atoms with E-state index < -0.39 is 23.9 Å². The van der Waals surface area contributed by atoms with E-state index >= 15 is 0 Å². The predicted molar refractivity (Wildman–Crippen MR) is 159 cm³/mol. The molecule has 1 heterocycles. The number of hydrogen-bond acceptors (Lipinski definition) is 9. The van der Waals surface area contributed by atoms with E-state index in [1.807, 2.05) is 0 Å². The summed E-state index contributed by atoms with van der Waals surface area (Å²) in [6.07, 6.45) is -2.44. The summed E-state index contributed by atoms with van der Waals surface area (Å²) in [7, 11) is 3.00. The van der Waals surface area contributed by atoms with Crippen molar-refractivity contribution in [3.8, 4) is 17.2 Å². The van der Waals surface area contributed by atoms with E-state index in [-0.39, 0.29) is 41.8 Å². The minimum Gasteiger partial charge on any atom is -0.508 e. The first-order chi connectivity index (χ1) is 21.9. The number of esters is 1. The second kappa shape index (κ2) is 16.8. The Hall–Kier alpha value is -4.36. The Morgan fingerprint density at radius 3 is 1.83 bits per heavy atom. The maximum Gasteiger partial charge on any atom is 0.433 e.